The molecule has 1 fully saturated rings. The Bertz CT molecular complexity index is 497. The van der Waals surface area contributed by atoms with Gasteiger partial charge in [-0.3, -0.25) is 9.89 Å². The Hall–Kier alpha value is -1.70. The number of H-pyrrole nitrogens is 1. The number of rotatable bonds is 3. The minimum Gasteiger partial charge on any atom is -0.481 e. The van der Waals surface area contributed by atoms with Gasteiger partial charge in [0.15, 0.2) is 0 Å². The third-order valence-corrected chi connectivity index (χ3v) is 4.35. The van der Waals surface area contributed by atoms with Gasteiger partial charge in [0, 0.05) is 18.1 Å². The zero-order valence-electron chi connectivity index (χ0n) is 11.5. The number of anilines is 1. The number of carbonyl (C=O) groups is 2. The van der Waals surface area contributed by atoms with E-state index in [0.29, 0.717) is 18.0 Å². The van der Waals surface area contributed by atoms with Crippen molar-refractivity contribution in [2.24, 2.45) is 0 Å². The van der Waals surface area contributed by atoms with Crippen LogP contribution in [0, 0.1) is 13.8 Å². The van der Waals surface area contributed by atoms with Crippen molar-refractivity contribution in [1.29, 1.82) is 0 Å². The lowest BCUT2D eigenvalue weighted by atomic mass is 10.2. The largest absolute Gasteiger partial charge is 0.481 e. The fraction of sp³-hybridized carbons (Fsp3) is 0.583. The van der Waals surface area contributed by atoms with Crippen LogP contribution in [0.3, 0.4) is 0 Å². The molecule has 0 saturated carbocycles. The van der Waals surface area contributed by atoms with Crippen LogP contribution in [0.1, 0.15) is 17.8 Å². The zero-order chi connectivity index (χ0) is 14.7. The minimum atomic E-state index is -0.883. The number of carbonyl (C=O) groups excluding carboxylic acids is 1. The van der Waals surface area contributed by atoms with Crippen molar-refractivity contribution in [3.63, 3.8) is 0 Å². The summed E-state index contributed by atoms with van der Waals surface area (Å²) in [5, 5.41) is 18.6. The van der Waals surface area contributed by atoms with Crippen molar-refractivity contribution in [3.8, 4) is 0 Å². The molecule has 1 aromatic rings. The summed E-state index contributed by atoms with van der Waals surface area (Å²) in [6.07, 6.45) is -0.0240. The SMILES string of the molecule is Cc1n[nH]c(C)c1NC(=O)N1CCSCC1CC(=O)O. The number of nitrogens with zero attached hydrogens (tertiary/aromatic N) is 2. The molecular weight excluding hydrogens is 280 g/mol. The van der Waals surface area contributed by atoms with Gasteiger partial charge in [-0.2, -0.15) is 16.9 Å². The smallest absolute Gasteiger partial charge is 0.322 e. The number of urea groups is 1. The number of aromatic nitrogens is 2. The quantitative estimate of drug-likeness (QED) is 0.784. The Morgan fingerprint density at radius 3 is 2.90 bits per heavy atom. The van der Waals surface area contributed by atoms with Crippen LogP contribution in [0.25, 0.3) is 0 Å². The third-order valence-electron chi connectivity index (χ3n) is 3.26. The van der Waals surface area contributed by atoms with Crippen LogP contribution in [-0.4, -0.2) is 56.3 Å². The van der Waals surface area contributed by atoms with Crippen molar-refractivity contribution in [1.82, 2.24) is 15.1 Å². The van der Waals surface area contributed by atoms with Crippen molar-refractivity contribution in [2.75, 3.05) is 23.4 Å². The molecular formula is C12H18N4O3S. The molecule has 110 valence electrons. The third kappa shape index (κ3) is 3.24. The first-order valence-electron chi connectivity index (χ1n) is 6.37. The normalized spacial score (nSPS) is 18.9. The molecule has 1 aliphatic rings. The van der Waals surface area contributed by atoms with Gasteiger partial charge in [0.1, 0.15) is 0 Å². The average Bonchev–Trinajstić information content (AvgIpc) is 2.70. The van der Waals surface area contributed by atoms with Crippen molar-refractivity contribution in [3.05, 3.63) is 11.4 Å². The van der Waals surface area contributed by atoms with E-state index in [9.17, 15) is 9.59 Å². The monoisotopic (exact) mass is 298 g/mol. The van der Waals surface area contributed by atoms with Gasteiger partial charge in [-0.05, 0) is 13.8 Å². The van der Waals surface area contributed by atoms with Gasteiger partial charge < -0.3 is 15.3 Å². The van der Waals surface area contributed by atoms with Crippen LogP contribution in [-0.2, 0) is 4.79 Å². The molecule has 1 unspecified atom stereocenters. The molecule has 1 atom stereocenters. The molecule has 0 aliphatic carbocycles. The van der Waals surface area contributed by atoms with Gasteiger partial charge in [-0.1, -0.05) is 0 Å². The highest BCUT2D eigenvalue weighted by molar-refractivity contribution is 7.99. The van der Waals surface area contributed by atoms with Crippen molar-refractivity contribution >= 4 is 29.4 Å². The molecule has 1 aliphatic heterocycles. The van der Waals surface area contributed by atoms with E-state index < -0.39 is 5.97 Å². The maximum atomic E-state index is 12.3. The number of hydrogen-bond acceptors (Lipinski definition) is 4. The summed E-state index contributed by atoms with van der Waals surface area (Å²) < 4.78 is 0. The van der Waals surface area contributed by atoms with E-state index in [0.717, 1.165) is 17.1 Å². The number of amides is 2. The molecule has 8 heteroatoms. The van der Waals surface area contributed by atoms with Gasteiger partial charge in [-0.25, -0.2) is 4.79 Å². The van der Waals surface area contributed by atoms with Gasteiger partial charge in [0.05, 0.1) is 29.5 Å². The molecule has 1 aromatic heterocycles. The standard InChI is InChI=1S/C12H18N4O3S/c1-7-11(8(2)15-14-7)13-12(19)16-3-4-20-6-9(16)5-10(17)18/h9H,3-6H2,1-2H3,(H,13,19)(H,14,15)(H,17,18). The van der Waals surface area contributed by atoms with Crippen LogP contribution in [0.5, 0.6) is 0 Å². The summed E-state index contributed by atoms with van der Waals surface area (Å²) in [5.41, 5.74) is 2.18. The molecule has 3 N–H and O–H groups in total. The fourth-order valence-electron chi connectivity index (χ4n) is 2.21. The number of aromatic amines is 1. The van der Waals surface area contributed by atoms with E-state index in [4.69, 9.17) is 5.11 Å². The number of aryl methyl sites for hydroxylation is 2. The highest BCUT2D eigenvalue weighted by atomic mass is 32.2. The van der Waals surface area contributed by atoms with E-state index in [1.54, 1.807) is 23.6 Å². The summed E-state index contributed by atoms with van der Waals surface area (Å²) in [6, 6.07) is -0.525. The Kier molecular flexibility index (Phi) is 4.53. The zero-order valence-corrected chi connectivity index (χ0v) is 12.3. The second-order valence-electron chi connectivity index (χ2n) is 4.76. The fourth-order valence-corrected chi connectivity index (χ4v) is 3.27. The Balaban J connectivity index is 2.08. The number of carboxylic acids is 1. The molecule has 2 amide bonds. The highest BCUT2D eigenvalue weighted by Crippen LogP contribution is 2.22. The first kappa shape index (κ1) is 14.7. The van der Waals surface area contributed by atoms with Gasteiger partial charge >= 0.3 is 12.0 Å². The summed E-state index contributed by atoms with van der Waals surface area (Å²) in [4.78, 5) is 24.8. The molecule has 0 bridgehead atoms. The Labute approximate surface area is 121 Å². The molecule has 0 aromatic carbocycles. The maximum absolute atomic E-state index is 12.3. The first-order chi connectivity index (χ1) is 9.49. The predicted octanol–water partition coefficient (Wildman–Crippen LogP) is 1.45. The molecule has 20 heavy (non-hydrogen) atoms. The van der Waals surface area contributed by atoms with E-state index in [1.165, 1.54) is 0 Å². The molecule has 2 heterocycles. The van der Waals surface area contributed by atoms with Crippen LogP contribution < -0.4 is 5.32 Å². The van der Waals surface area contributed by atoms with Gasteiger partial charge in [-0.15, -0.1) is 0 Å². The second kappa shape index (κ2) is 6.17. The van der Waals surface area contributed by atoms with Crippen LogP contribution in [0.2, 0.25) is 0 Å². The van der Waals surface area contributed by atoms with Gasteiger partial charge in [0.2, 0.25) is 0 Å². The lowest BCUT2D eigenvalue weighted by Crippen LogP contribution is -2.49. The van der Waals surface area contributed by atoms with E-state index in [1.807, 2.05) is 6.92 Å². The second-order valence-corrected chi connectivity index (χ2v) is 5.91. The number of thioether (sulfide) groups is 1. The highest BCUT2D eigenvalue weighted by Gasteiger charge is 2.29. The van der Waals surface area contributed by atoms with E-state index in [2.05, 4.69) is 15.5 Å². The number of hydrogen-bond donors (Lipinski definition) is 3. The Morgan fingerprint density at radius 1 is 1.55 bits per heavy atom. The maximum Gasteiger partial charge on any atom is 0.322 e. The van der Waals surface area contributed by atoms with Crippen molar-refractivity contribution < 1.29 is 14.7 Å². The molecule has 0 spiro atoms. The molecule has 1 saturated heterocycles. The lowest BCUT2D eigenvalue weighted by molar-refractivity contribution is -0.137. The average molecular weight is 298 g/mol. The Morgan fingerprint density at radius 2 is 2.30 bits per heavy atom. The van der Waals surface area contributed by atoms with Crippen LogP contribution in [0.4, 0.5) is 10.5 Å². The van der Waals surface area contributed by atoms with Crippen LogP contribution in [0.15, 0.2) is 0 Å². The lowest BCUT2D eigenvalue weighted by Gasteiger charge is -2.34. The summed E-state index contributed by atoms with van der Waals surface area (Å²) >= 11 is 1.68. The number of carboxylic acid groups (broad SMARTS) is 1. The van der Waals surface area contributed by atoms with E-state index >= 15 is 0 Å². The molecule has 2 rings (SSSR count). The molecule has 7 nitrogen and oxygen atoms in total. The summed E-state index contributed by atoms with van der Waals surface area (Å²) in [5.74, 6) is 0.599. The van der Waals surface area contributed by atoms with E-state index in [-0.39, 0.29) is 18.5 Å². The molecule has 0 radical (unpaired) electrons. The van der Waals surface area contributed by atoms with Crippen LogP contribution >= 0.6 is 11.8 Å². The first-order valence-corrected chi connectivity index (χ1v) is 7.53. The minimum absolute atomic E-state index is 0.0240. The van der Waals surface area contributed by atoms with Crippen molar-refractivity contribution in [2.45, 2.75) is 26.3 Å². The topological polar surface area (TPSA) is 98.3 Å². The predicted molar refractivity (Wildman–Crippen MR) is 77.2 cm³/mol. The number of nitrogens with one attached hydrogen (secondary N) is 2. The summed E-state index contributed by atoms with van der Waals surface area (Å²) in [6.45, 7) is 4.20. The number of aliphatic carboxylic acids is 1. The summed E-state index contributed by atoms with van der Waals surface area (Å²) in [7, 11) is 0. The van der Waals surface area contributed by atoms with Gasteiger partial charge in [0.25, 0.3) is 0 Å².